The van der Waals surface area contributed by atoms with Crippen molar-refractivity contribution in [2.45, 2.75) is 45.6 Å². The average molecular weight is 322 g/mol. The first-order valence-corrected chi connectivity index (χ1v) is 8.33. The van der Waals surface area contributed by atoms with Gasteiger partial charge in [-0.15, -0.1) is 0 Å². The highest BCUT2D eigenvalue weighted by atomic mass is 16.5. The smallest absolute Gasteiger partial charge is 0.287 e. The third-order valence-electron chi connectivity index (χ3n) is 3.88. The van der Waals surface area contributed by atoms with Crippen LogP contribution in [-0.4, -0.2) is 48.2 Å². The van der Waals surface area contributed by atoms with Crippen molar-refractivity contribution < 1.29 is 14.3 Å². The molecule has 0 aromatic carbocycles. The lowest BCUT2D eigenvalue weighted by molar-refractivity contribution is 0.0937. The zero-order valence-corrected chi connectivity index (χ0v) is 14.0. The summed E-state index contributed by atoms with van der Waals surface area (Å²) in [6.07, 6.45) is 4.43. The molecule has 7 heteroatoms. The van der Waals surface area contributed by atoms with Crippen LogP contribution < -0.4 is 10.6 Å². The van der Waals surface area contributed by atoms with E-state index in [-0.39, 0.29) is 11.8 Å². The van der Waals surface area contributed by atoms with Crippen LogP contribution >= 0.6 is 0 Å². The molecule has 1 aromatic heterocycles. The lowest BCUT2D eigenvalue weighted by atomic mass is 10.1. The summed E-state index contributed by atoms with van der Waals surface area (Å²) in [6.45, 7) is 4.50. The minimum Gasteiger partial charge on any atom is -0.385 e. The molecule has 1 aliphatic rings. The molecule has 128 valence electrons. The van der Waals surface area contributed by atoms with Gasteiger partial charge >= 0.3 is 0 Å². The molecule has 2 rings (SSSR count). The summed E-state index contributed by atoms with van der Waals surface area (Å²) in [5, 5.41) is 5.69. The number of nitrogens with zero attached hydrogens (tertiary/aromatic N) is 2. The molecule has 1 aliphatic heterocycles. The van der Waals surface area contributed by atoms with E-state index in [1.54, 1.807) is 7.11 Å². The zero-order chi connectivity index (χ0) is 16.7. The molecule has 0 bridgehead atoms. The van der Waals surface area contributed by atoms with Gasteiger partial charge in [0.05, 0.1) is 5.69 Å². The molecule has 23 heavy (non-hydrogen) atoms. The fourth-order valence-electron chi connectivity index (χ4n) is 2.72. The van der Waals surface area contributed by atoms with E-state index in [1.807, 2.05) is 11.5 Å². The van der Waals surface area contributed by atoms with Crippen LogP contribution in [0, 0.1) is 0 Å². The molecule has 2 heterocycles. The molecule has 0 saturated heterocycles. The van der Waals surface area contributed by atoms with E-state index in [9.17, 15) is 9.59 Å². The van der Waals surface area contributed by atoms with Gasteiger partial charge in [-0.1, -0.05) is 6.92 Å². The Morgan fingerprint density at radius 1 is 1.22 bits per heavy atom. The van der Waals surface area contributed by atoms with Crippen molar-refractivity contribution in [2.75, 3.05) is 26.8 Å². The molecule has 0 aliphatic carbocycles. The Kier molecular flexibility index (Phi) is 6.58. The van der Waals surface area contributed by atoms with Gasteiger partial charge in [0.15, 0.2) is 5.82 Å². The summed E-state index contributed by atoms with van der Waals surface area (Å²) >= 11 is 0. The number of nitrogens with one attached hydrogen (secondary N) is 2. The highest BCUT2D eigenvalue weighted by Gasteiger charge is 2.27. The van der Waals surface area contributed by atoms with Gasteiger partial charge in [-0.2, -0.15) is 0 Å². The summed E-state index contributed by atoms with van der Waals surface area (Å²) in [6, 6.07) is 0. The molecular weight excluding hydrogens is 296 g/mol. The van der Waals surface area contributed by atoms with Crippen LogP contribution in [0.15, 0.2) is 0 Å². The molecule has 0 radical (unpaired) electrons. The van der Waals surface area contributed by atoms with Gasteiger partial charge in [0, 0.05) is 33.4 Å². The van der Waals surface area contributed by atoms with Gasteiger partial charge in [-0.3, -0.25) is 9.59 Å². The molecule has 0 fully saturated rings. The van der Waals surface area contributed by atoms with Crippen molar-refractivity contribution in [3.8, 4) is 0 Å². The van der Waals surface area contributed by atoms with E-state index in [2.05, 4.69) is 15.6 Å². The van der Waals surface area contributed by atoms with Gasteiger partial charge in [0.25, 0.3) is 11.8 Å². The van der Waals surface area contributed by atoms with E-state index in [4.69, 9.17) is 4.74 Å². The Labute approximate surface area is 136 Å². The minimum absolute atomic E-state index is 0.201. The predicted molar refractivity (Wildman–Crippen MR) is 86.6 cm³/mol. The Bertz CT molecular complexity index is 554. The predicted octanol–water partition coefficient (Wildman–Crippen LogP) is 1.13. The Morgan fingerprint density at radius 2 is 2.00 bits per heavy atom. The number of methoxy groups -OCH3 is 1. The fourth-order valence-corrected chi connectivity index (χ4v) is 2.72. The van der Waals surface area contributed by atoms with Gasteiger partial charge in [0.1, 0.15) is 5.69 Å². The van der Waals surface area contributed by atoms with E-state index < -0.39 is 0 Å². The molecule has 0 saturated carbocycles. The van der Waals surface area contributed by atoms with Crippen molar-refractivity contribution in [3.05, 3.63) is 17.2 Å². The molecular formula is C16H26N4O3. The SMILES string of the molecule is CCCNC(=O)c1nc(C(=O)NCCCOC)c2n1CCCC2. The van der Waals surface area contributed by atoms with Crippen LogP contribution in [0.25, 0.3) is 0 Å². The first kappa shape index (κ1) is 17.5. The number of carbonyl (C=O) groups excluding carboxylic acids is 2. The number of aromatic nitrogens is 2. The normalized spacial score (nSPS) is 13.5. The van der Waals surface area contributed by atoms with Gasteiger partial charge < -0.3 is 19.9 Å². The number of carbonyl (C=O) groups is 2. The van der Waals surface area contributed by atoms with E-state index in [0.717, 1.165) is 44.3 Å². The molecule has 7 nitrogen and oxygen atoms in total. The zero-order valence-electron chi connectivity index (χ0n) is 14.0. The van der Waals surface area contributed by atoms with E-state index in [0.29, 0.717) is 31.2 Å². The van der Waals surface area contributed by atoms with Crippen LogP contribution in [0.1, 0.15) is 59.4 Å². The fraction of sp³-hybridized carbons (Fsp3) is 0.688. The van der Waals surface area contributed by atoms with Gasteiger partial charge in [-0.05, 0) is 32.1 Å². The van der Waals surface area contributed by atoms with Crippen LogP contribution in [0.2, 0.25) is 0 Å². The topological polar surface area (TPSA) is 85.2 Å². The van der Waals surface area contributed by atoms with Crippen molar-refractivity contribution >= 4 is 11.8 Å². The Balaban J connectivity index is 2.14. The number of rotatable bonds is 8. The third kappa shape index (κ3) is 4.31. The van der Waals surface area contributed by atoms with Crippen molar-refractivity contribution in [3.63, 3.8) is 0 Å². The number of imidazole rings is 1. The summed E-state index contributed by atoms with van der Waals surface area (Å²) in [5.41, 5.74) is 1.27. The Hall–Kier alpha value is -1.89. The number of fused-ring (bicyclic) bond motifs is 1. The largest absolute Gasteiger partial charge is 0.385 e. The first-order valence-electron chi connectivity index (χ1n) is 8.33. The second-order valence-electron chi connectivity index (χ2n) is 5.70. The standard InChI is InChI=1S/C16H26N4O3/c1-3-8-17-16(22)14-19-13(12-7-4-5-10-20(12)14)15(21)18-9-6-11-23-2/h3-11H2,1-2H3,(H,17,22)(H,18,21). The monoisotopic (exact) mass is 322 g/mol. The molecule has 2 N–H and O–H groups in total. The minimum atomic E-state index is -0.207. The lowest BCUT2D eigenvalue weighted by Gasteiger charge is -2.17. The summed E-state index contributed by atoms with van der Waals surface area (Å²) in [7, 11) is 1.63. The second kappa shape index (κ2) is 8.67. The van der Waals surface area contributed by atoms with Crippen molar-refractivity contribution in [1.29, 1.82) is 0 Å². The molecule has 0 spiro atoms. The van der Waals surface area contributed by atoms with Gasteiger partial charge in [-0.25, -0.2) is 4.98 Å². The van der Waals surface area contributed by atoms with Gasteiger partial charge in [0.2, 0.25) is 0 Å². The number of amides is 2. The van der Waals surface area contributed by atoms with Crippen molar-refractivity contribution in [1.82, 2.24) is 20.2 Å². The van der Waals surface area contributed by atoms with Crippen LogP contribution in [0.4, 0.5) is 0 Å². The molecule has 1 aromatic rings. The highest BCUT2D eigenvalue weighted by Crippen LogP contribution is 2.21. The van der Waals surface area contributed by atoms with Crippen LogP contribution in [-0.2, 0) is 17.7 Å². The maximum absolute atomic E-state index is 12.4. The number of hydrogen-bond donors (Lipinski definition) is 2. The first-order chi connectivity index (χ1) is 11.2. The maximum Gasteiger partial charge on any atom is 0.287 e. The summed E-state index contributed by atoms with van der Waals surface area (Å²) in [4.78, 5) is 29.0. The summed E-state index contributed by atoms with van der Waals surface area (Å²) < 4.78 is 6.87. The molecule has 2 amide bonds. The number of hydrogen-bond acceptors (Lipinski definition) is 4. The Morgan fingerprint density at radius 3 is 2.74 bits per heavy atom. The number of ether oxygens (including phenoxy) is 1. The third-order valence-corrected chi connectivity index (χ3v) is 3.88. The van der Waals surface area contributed by atoms with Crippen LogP contribution in [0.3, 0.4) is 0 Å². The second-order valence-corrected chi connectivity index (χ2v) is 5.70. The maximum atomic E-state index is 12.4. The molecule has 0 atom stereocenters. The highest BCUT2D eigenvalue weighted by molar-refractivity contribution is 5.97. The average Bonchev–Trinajstić information content (AvgIpc) is 2.96. The van der Waals surface area contributed by atoms with E-state index >= 15 is 0 Å². The molecule has 0 unspecified atom stereocenters. The van der Waals surface area contributed by atoms with Crippen molar-refractivity contribution in [2.24, 2.45) is 0 Å². The quantitative estimate of drug-likeness (QED) is 0.703. The van der Waals surface area contributed by atoms with Crippen LogP contribution in [0.5, 0.6) is 0 Å². The lowest BCUT2D eigenvalue weighted by Crippen LogP contribution is -2.28. The summed E-state index contributed by atoms with van der Waals surface area (Å²) in [5.74, 6) is -0.0510. The van der Waals surface area contributed by atoms with E-state index in [1.165, 1.54) is 0 Å².